The van der Waals surface area contributed by atoms with Gasteiger partial charge >= 0.3 is 0 Å². The van der Waals surface area contributed by atoms with Crippen molar-refractivity contribution < 1.29 is 0 Å². The zero-order valence-electron chi connectivity index (χ0n) is 15.3. The van der Waals surface area contributed by atoms with Gasteiger partial charge in [0, 0.05) is 55.9 Å². The molecule has 2 aromatic heterocycles. The monoisotopic (exact) mass is 347 g/mol. The fourth-order valence-electron chi connectivity index (χ4n) is 3.06. The van der Waals surface area contributed by atoms with Gasteiger partial charge in [0.1, 0.15) is 0 Å². The summed E-state index contributed by atoms with van der Waals surface area (Å²) in [5, 5.41) is 4.51. The first-order chi connectivity index (χ1) is 11.4. The van der Waals surface area contributed by atoms with Crippen molar-refractivity contribution in [1.82, 2.24) is 24.6 Å². The molecule has 0 bridgehead atoms. The minimum absolute atomic E-state index is 0.0612. The zero-order valence-corrected chi connectivity index (χ0v) is 16.1. The lowest BCUT2D eigenvalue weighted by Gasteiger charge is -2.34. The van der Waals surface area contributed by atoms with Gasteiger partial charge in [-0.1, -0.05) is 0 Å². The van der Waals surface area contributed by atoms with Crippen molar-refractivity contribution in [2.75, 3.05) is 32.7 Å². The molecule has 0 unspecified atom stereocenters. The molecule has 2 aromatic rings. The number of rotatable bonds is 5. The van der Waals surface area contributed by atoms with Gasteiger partial charge in [-0.05, 0) is 34.1 Å². The molecule has 0 amide bonds. The molecule has 0 saturated carbocycles. The van der Waals surface area contributed by atoms with Gasteiger partial charge in [0.05, 0.1) is 22.9 Å². The van der Waals surface area contributed by atoms with E-state index in [0.29, 0.717) is 0 Å². The molecule has 3 heterocycles. The predicted octanol–water partition coefficient (Wildman–Crippen LogP) is 2.76. The lowest BCUT2D eigenvalue weighted by atomic mass is 10.1. The van der Waals surface area contributed by atoms with Crippen LogP contribution in [0.1, 0.15) is 36.9 Å². The van der Waals surface area contributed by atoms with E-state index in [1.165, 1.54) is 16.1 Å². The van der Waals surface area contributed by atoms with Crippen LogP contribution in [0, 0.1) is 6.92 Å². The number of nitrogens with zero attached hydrogens (tertiary/aromatic N) is 5. The van der Waals surface area contributed by atoms with E-state index < -0.39 is 0 Å². The van der Waals surface area contributed by atoms with E-state index in [2.05, 4.69) is 58.5 Å². The van der Waals surface area contributed by atoms with Gasteiger partial charge in [0.25, 0.3) is 0 Å². The maximum Gasteiger partial charge on any atom is 0.0797 e. The fourth-order valence-corrected chi connectivity index (χ4v) is 3.83. The SMILES string of the molecule is Cc1ncsc1CCN1CCN(Cc2cnn(C(C)(C)C)c2)CC1. The van der Waals surface area contributed by atoms with Gasteiger partial charge in [-0.3, -0.25) is 9.58 Å². The molecule has 132 valence electrons. The minimum atomic E-state index is 0.0612. The Morgan fingerprint density at radius 2 is 1.83 bits per heavy atom. The predicted molar refractivity (Wildman–Crippen MR) is 99.5 cm³/mol. The topological polar surface area (TPSA) is 37.2 Å². The first kappa shape index (κ1) is 17.6. The Kier molecular flexibility index (Phi) is 5.37. The second-order valence-corrected chi connectivity index (χ2v) is 8.63. The van der Waals surface area contributed by atoms with Crippen LogP contribution >= 0.6 is 11.3 Å². The molecule has 5 nitrogen and oxygen atoms in total. The van der Waals surface area contributed by atoms with Crippen molar-refractivity contribution in [2.45, 2.75) is 46.2 Å². The van der Waals surface area contributed by atoms with Crippen LogP contribution in [0.15, 0.2) is 17.9 Å². The van der Waals surface area contributed by atoms with Gasteiger partial charge in [0.15, 0.2) is 0 Å². The summed E-state index contributed by atoms with van der Waals surface area (Å²) in [6.07, 6.45) is 5.35. The average Bonchev–Trinajstić information content (AvgIpc) is 3.15. The van der Waals surface area contributed by atoms with Crippen LogP contribution in [0.2, 0.25) is 0 Å². The molecule has 1 saturated heterocycles. The maximum absolute atomic E-state index is 4.51. The molecule has 0 aromatic carbocycles. The molecule has 0 atom stereocenters. The Bertz CT molecular complexity index is 646. The summed E-state index contributed by atoms with van der Waals surface area (Å²) in [6.45, 7) is 15.4. The van der Waals surface area contributed by atoms with Crippen LogP contribution in [0.3, 0.4) is 0 Å². The minimum Gasteiger partial charge on any atom is -0.300 e. The average molecular weight is 348 g/mol. The smallest absolute Gasteiger partial charge is 0.0797 e. The molecule has 0 N–H and O–H groups in total. The molecule has 0 aliphatic carbocycles. The van der Waals surface area contributed by atoms with Crippen LogP contribution in [0.4, 0.5) is 0 Å². The van der Waals surface area contributed by atoms with Gasteiger partial charge < -0.3 is 4.90 Å². The van der Waals surface area contributed by atoms with Crippen LogP contribution in [-0.4, -0.2) is 57.3 Å². The van der Waals surface area contributed by atoms with E-state index in [4.69, 9.17) is 0 Å². The van der Waals surface area contributed by atoms with E-state index >= 15 is 0 Å². The fraction of sp³-hybridized carbons (Fsp3) is 0.667. The second-order valence-electron chi connectivity index (χ2n) is 7.69. The number of hydrogen-bond donors (Lipinski definition) is 0. The third kappa shape index (κ3) is 4.43. The van der Waals surface area contributed by atoms with Gasteiger partial charge in [0.2, 0.25) is 0 Å². The molecule has 6 heteroatoms. The number of thiazole rings is 1. The highest BCUT2D eigenvalue weighted by Gasteiger charge is 2.19. The van der Waals surface area contributed by atoms with E-state index in [9.17, 15) is 0 Å². The summed E-state index contributed by atoms with van der Waals surface area (Å²) >= 11 is 1.79. The highest BCUT2D eigenvalue weighted by atomic mass is 32.1. The molecule has 0 spiro atoms. The van der Waals surface area contributed by atoms with Crippen molar-refractivity contribution >= 4 is 11.3 Å². The van der Waals surface area contributed by atoms with Crippen LogP contribution < -0.4 is 0 Å². The first-order valence-electron chi connectivity index (χ1n) is 8.79. The summed E-state index contributed by atoms with van der Waals surface area (Å²) < 4.78 is 2.07. The summed E-state index contributed by atoms with van der Waals surface area (Å²) in [5.41, 5.74) is 4.54. The third-order valence-corrected chi connectivity index (χ3v) is 5.69. The Hall–Kier alpha value is -1.24. The molecule has 3 rings (SSSR count). The lowest BCUT2D eigenvalue weighted by Crippen LogP contribution is -2.46. The van der Waals surface area contributed by atoms with Crippen LogP contribution in [0.5, 0.6) is 0 Å². The van der Waals surface area contributed by atoms with E-state index in [1.807, 2.05) is 11.7 Å². The van der Waals surface area contributed by atoms with E-state index in [-0.39, 0.29) is 5.54 Å². The molecular formula is C18H29N5S. The lowest BCUT2D eigenvalue weighted by molar-refractivity contribution is 0.128. The first-order valence-corrected chi connectivity index (χ1v) is 9.67. The summed E-state index contributed by atoms with van der Waals surface area (Å²) in [4.78, 5) is 10.9. The Morgan fingerprint density at radius 3 is 2.42 bits per heavy atom. The summed E-state index contributed by atoms with van der Waals surface area (Å²) in [7, 11) is 0. The molecular weight excluding hydrogens is 318 g/mol. The van der Waals surface area contributed by atoms with Crippen LogP contribution in [0.25, 0.3) is 0 Å². The molecule has 1 aliphatic heterocycles. The van der Waals surface area contributed by atoms with Crippen LogP contribution in [-0.2, 0) is 18.5 Å². The number of hydrogen-bond acceptors (Lipinski definition) is 5. The van der Waals surface area contributed by atoms with Crippen molar-refractivity contribution in [3.05, 3.63) is 34.0 Å². The standard InChI is InChI=1S/C18H29N5S/c1-15-17(24-14-19-15)5-6-21-7-9-22(10-8-21)12-16-11-20-23(13-16)18(2,3)4/h11,13-14H,5-10,12H2,1-4H3. The number of aryl methyl sites for hydroxylation is 1. The quantitative estimate of drug-likeness (QED) is 0.833. The second kappa shape index (κ2) is 7.33. The third-order valence-electron chi connectivity index (χ3n) is 4.69. The molecule has 1 aliphatic rings. The van der Waals surface area contributed by atoms with Crippen molar-refractivity contribution in [2.24, 2.45) is 0 Å². The molecule has 0 radical (unpaired) electrons. The highest BCUT2D eigenvalue weighted by molar-refractivity contribution is 7.09. The van der Waals surface area contributed by atoms with Crippen molar-refractivity contribution in [1.29, 1.82) is 0 Å². The Balaban J connectivity index is 1.43. The van der Waals surface area contributed by atoms with Gasteiger partial charge in [-0.15, -0.1) is 11.3 Å². The molecule has 24 heavy (non-hydrogen) atoms. The number of aromatic nitrogens is 3. The largest absolute Gasteiger partial charge is 0.300 e. The zero-order chi connectivity index (χ0) is 17.2. The number of piperazine rings is 1. The van der Waals surface area contributed by atoms with E-state index in [0.717, 1.165) is 45.7 Å². The Morgan fingerprint density at radius 1 is 1.12 bits per heavy atom. The van der Waals surface area contributed by atoms with Crippen molar-refractivity contribution in [3.63, 3.8) is 0 Å². The summed E-state index contributed by atoms with van der Waals surface area (Å²) in [5.74, 6) is 0. The maximum atomic E-state index is 4.51. The van der Waals surface area contributed by atoms with E-state index in [1.54, 1.807) is 11.3 Å². The van der Waals surface area contributed by atoms with Crippen molar-refractivity contribution in [3.8, 4) is 0 Å². The summed E-state index contributed by atoms with van der Waals surface area (Å²) in [6, 6.07) is 0. The van der Waals surface area contributed by atoms with Gasteiger partial charge in [-0.25, -0.2) is 4.98 Å². The highest BCUT2D eigenvalue weighted by Crippen LogP contribution is 2.16. The van der Waals surface area contributed by atoms with Gasteiger partial charge in [-0.2, -0.15) is 5.10 Å². The normalized spacial score (nSPS) is 17.5. The molecule has 1 fully saturated rings. The Labute approximate surface area is 149 Å².